The lowest BCUT2D eigenvalue weighted by Crippen LogP contribution is -1.98. The van der Waals surface area contributed by atoms with Crippen molar-refractivity contribution in [3.8, 4) is 0 Å². The van der Waals surface area contributed by atoms with E-state index in [1.54, 1.807) is 11.8 Å². The van der Waals surface area contributed by atoms with Crippen LogP contribution in [0.2, 0.25) is 0 Å². The zero-order valence-electron chi connectivity index (χ0n) is 11.4. The van der Waals surface area contributed by atoms with Crippen molar-refractivity contribution in [1.82, 2.24) is 0 Å². The van der Waals surface area contributed by atoms with Crippen molar-refractivity contribution in [2.75, 3.05) is 11.5 Å². The first-order valence-corrected chi connectivity index (χ1v) is 7.28. The predicted molar refractivity (Wildman–Crippen MR) is 84.4 cm³/mol. The van der Waals surface area contributed by atoms with Gasteiger partial charge in [-0.1, -0.05) is 25.6 Å². The number of hydrogen-bond donors (Lipinski definition) is 2. The summed E-state index contributed by atoms with van der Waals surface area (Å²) in [6, 6.07) is 14.1. The summed E-state index contributed by atoms with van der Waals surface area (Å²) in [5.41, 5.74) is 14.5. The molecule has 0 spiro atoms. The third kappa shape index (κ3) is 3.93. The van der Waals surface area contributed by atoms with E-state index in [4.69, 9.17) is 11.5 Å². The smallest absolute Gasteiger partial charge is 0.0317 e. The van der Waals surface area contributed by atoms with Crippen molar-refractivity contribution >= 4 is 23.1 Å². The number of hydrogen-bond acceptors (Lipinski definition) is 3. The van der Waals surface area contributed by atoms with Crippen LogP contribution in [0.25, 0.3) is 0 Å². The van der Waals surface area contributed by atoms with E-state index in [1.165, 1.54) is 15.4 Å². The van der Waals surface area contributed by atoms with Crippen LogP contribution in [0, 0.1) is 5.92 Å². The lowest BCUT2D eigenvalue weighted by molar-refractivity contribution is 0.641. The Labute approximate surface area is 119 Å². The lowest BCUT2D eigenvalue weighted by Gasteiger charge is -2.12. The molecule has 0 heterocycles. The van der Waals surface area contributed by atoms with Gasteiger partial charge < -0.3 is 11.5 Å². The first-order valence-electron chi connectivity index (χ1n) is 6.46. The van der Waals surface area contributed by atoms with Gasteiger partial charge in [-0.3, -0.25) is 0 Å². The Balaban J connectivity index is 2.26. The van der Waals surface area contributed by atoms with Crippen molar-refractivity contribution < 1.29 is 0 Å². The fourth-order valence-electron chi connectivity index (χ4n) is 1.96. The first kappa shape index (κ1) is 13.8. The summed E-state index contributed by atoms with van der Waals surface area (Å²) in [5, 5.41) is 0. The Morgan fingerprint density at radius 2 is 1.58 bits per heavy atom. The van der Waals surface area contributed by atoms with Gasteiger partial charge in [0.2, 0.25) is 0 Å². The molecule has 3 heteroatoms. The van der Waals surface area contributed by atoms with E-state index >= 15 is 0 Å². The normalized spacial score (nSPS) is 10.9. The number of anilines is 2. The largest absolute Gasteiger partial charge is 0.399 e. The van der Waals surface area contributed by atoms with Crippen LogP contribution in [-0.4, -0.2) is 0 Å². The number of benzene rings is 2. The van der Waals surface area contributed by atoms with Gasteiger partial charge in [-0.2, -0.15) is 0 Å². The molecule has 0 fully saturated rings. The lowest BCUT2D eigenvalue weighted by atomic mass is 10.0. The van der Waals surface area contributed by atoms with Gasteiger partial charge in [0.15, 0.2) is 0 Å². The number of nitrogen functional groups attached to an aromatic ring is 2. The summed E-state index contributed by atoms with van der Waals surface area (Å²) >= 11 is 1.76. The molecule has 0 unspecified atom stereocenters. The molecule has 2 aromatic rings. The van der Waals surface area contributed by atoms with Crippen molar-refractivity contribution in [3.63, 3.8) is 0 Å². The van der Waals surface area contributed by atoms with Gasteiger partial charge in [-0.15, -0.1) is 0 Å². The van der Waals surface area contributed by atoms with Crippen LogP contribution >= 0.6 is 11.8 Å². The quantitative estimate of drug-likeness (QED) is 0.820. The van der Waals surface area contributed by atoms with Gasteiger partial charge in [-0.25, -0.2) is 0 Å². The fourth-order valence-corrected chi connectivity index (χ4v) is 2.90. The van der Waals surface area contributed by atoms with E-state index in [9.17, 15) is 0 Å². The monoisotopic (exact) mass is 272 g/mol. The molecule has 0 atom stereocenters. The van der Waals surface area contributed by atoms with Gasteiger partial charge >= 0.3 is 0 Å². The second-order valence-electron chi connectivity index (χ2n) is 5.14. The first-order chi connectivity index (χ1) is 9.04. The summed E-state index contributed by atoms with van der Waals surface area (Å²) < 4.78 is 0. The van der Waals surface area contributed by atoms with E-state index in [0.29, 0.717) is 5.92 Å². The minimum Gasteiger partial charge on any atom is -0.399 e. The maximum Gasteiger partial charge on any atom is 0.0317 e. The van der Waals surface area contributed by atoms with Crippen molar-refractivity contribution in [1.29, 1.82) is 0 Å². The molecule has 0 aromatic heterocycles. The van der Waals surface area contributed by atoms with Gasteiger partial charge in [0, 0.05) is 21.2 Å². The fraction of sp³-hybridized carbons (Fsp3) is 0.250. The molecule has 0 saturated carbocycles. The van der Waals surface area contributed by atoms with Crippen LogP contribution in [0.15, 0.2) is 52.3 Å². The molecule has 19 heavy (non-hydrogen) atoms. The van der Waals surface area contributed by atoms with Crippen molar-refractivity contribution in [2.24, 2.45) is 5.92 Å². The average molecular weight is 272 g/mol. The average Bonchev–Trinajstić information content (AvgIpc) is 2.34. The van der Waals surface area contributed by atoms with Crippen molar-refractivity contribution in [2.45, 2.75) is 30.1 Å². The second-order valence-corrected chi connectivity index (χ2v) is 6.25. The van der Waals surface area contributed by atoms with E-state index in [-0.39, 0.29) is 0 Å². The summed E-state index contributed by atoms with van der Waals surface area (Å²) in [4.78, 5) is 2.47. The van der Waals surface area contributed by atoms with Crippen LogP contribution in [0.5, 0.6) is 0 Å². The third-order valence-electron chi connectivity index (χ3n) is 2.82. The molecular formula is C16H20N2S. The highest BCUT2D eigenvalue weighted by molar-refractivity contribution is 7.99. The van der Waals surface area contributed by atoms with Crippen LogP contribution < -0.4 is 11.5 Å². The molecule has 0 aliphatic heterocycles. The standard InChI is InChI=1S/C16H20N2S/c1-11(2)9-12-10-14(18)5-8-16(12)19-15-6-3-13(17)4-7-15/h3-8,10-11H,9,17-18H2,1-2H3. The number of nitrogens with two attached hydrogens (primary N) is 2. The van der Waals surface area contributed by atoms with E-state index < -0.39 is 0 Å². The van der Waals surface area contributed by atoms with E-state index in [1.807, 2.05) is 18.2 Å². The Morgan fingerprint density at radius 1 is 0.947 bits per heavy atom. The molecular weight excluding hydrogens is 252 g/mol. The maximum atomic E-state index is 5.89. The van der Waals surface area contributed by atoms with Gasteiger partial charge in [0.1, 0.15) is 0 Å². The molecule has 4 N–H and O–H groups in total. The highest BCUT2D eigenvalue weighted by Gasteiger charge is 2.07. The predicted octanol–water partition coefficient (Wildman–Crippen LogP) is 4.20. The Bertz CT molecular complexity index is 547. The van der Waals surface area contributed by atoms with Gasteiger partial charge in [0.05, 0.1) is 0 Å². The van der Waals surface area contributed by atoms with Crippen LogP contribution in [0.4, 0.5) is 11.4 Å². The second kappa shape index (κ2) is 6.02. The molecule has 2 nitrogen and oxygen atoms in total. The van der Waals surface area contributed by atoms with Crippen molar-refractivity contribution in [3.05, 3.63) is 48.0 Å². The molecule has 100 valence electrons. The van der Waals surface area contributed by atoms with E-state index in [0.717, 1.165) is 17.8 Å². The highest BCUT2D eigenvalue weighted by atomic mass is 32.2. The SMILES string of the molecule is CC(C)Cc1cc(N)ccc1Sc1ccc(N)cc1. The highest BCUT2D eigenvalue weighted by Crippen LogP contribution is 2.33. The maximum absolute atomic E-state index is 5.89. The Kier molecular flexibility index (Phi) is 4.38. The summed E-state index contributed by atoms with van der Waals surface area (Å²) in [6.07, 6.45) is 1.04. The minimum atomic E-state index is 0.618. The zero-order chi connectivity index (χ0) is 13.8. The molecule has 2 rings (SSSR count). The summed E-state index contributed by atoms with van der Waals surface area (Å²) in [6.45, 7) is 4.45. The Morgan fingerprint density at radius 3 is 2.21 bits per heavy atom. The van der Waals surface area contributed by atoms with Crippen LogP contribution in [-0.2, 0) is 6.42 Å². The van der Waals surface area contributed by atoms with Crippen LogP contribution in [0.1, 0.15) is 19.4 Å². The third-order valence-corrected chi connectivity index (χ3v) is 3.95. The van der Waals surface area contributed by atoms with E-state index in [2.05, 4.69) is 38.1 Å². The van der Waals surface area contributed by atoms with Crippen LogP contribution in [0.3, 0.4) is 0 Å². The minimum absolute atomic E-state index is 0.618. The topological polar surface area (TPSA) is 52.0 Å². The molecule has 0 saturated heterocycles. The zero-order valence-corrected chi connectivity index (χ0v) is 12.2. The summed E-state index contributed by atoms with van der Waals surface area (Å²) in [5.74, 6) is 0.618. The molecule has 0 amide bonds. The van der Waals surface area contributed by atoms with Gasteiger partial charge in [-0.05, 0) is 60.4 Å². The number of rotatable bonds is 4. The summed E-state index contributed by atoms with van der Waals surface area (Å²) in [7, 11) is 0. The molecule has 0 radical (unpaired) electrons. The Hall–Kier alpha value is -1.61. The molecule has 2 aromatic carbocycles. The molecule has 0 bridgehead atoms. The molecule has 0 aliphatic carbocycles. The molecule has 0 aliphatic rings. The van der Waals surface area contributed by atoms with Gasteiger partial charge in [0.25, 0.3) is 0 Å².